The first-order valence-corrected chi connectivity index (χ1v) is 17.8. The Hall–Kier alpha value is -2.33. The summed E-state index contributed by atoms with van der Waals surface area (Å²) in [6, 6.07) is 7.63. The number of allylic oxidation sites excluding steroid dienone is 3. The Morgan fingerprint density at radius 1 is 1.00 bits per heavy atom. The number of hydrogen-bond acceptors (Lipinski definition) is 4. The minimum Gasteiger partial charge on any atom is -0.468 e. The van der Waals surface area contributed by atoms with Crippen molar-refractivity contribution in [1.82, 2.24) is 0 Å². The van der Waals surface area contributed by atoms with Crippen molar-refractivity contribution in [2.24, 2.45) is 45.8 Å². The number of fused-ring (bicyclic) bond motifs is 5. The molecule has 8 unspecified atom stereocenters. The fourth-order valence-electron chi connectivity index (χ4n) is 10.7. The van der Waals surface area contributed by atoms with E-state index in [-0.39, 0.29) is 29.7 Å². The molecule has 0 heterocycles. The third kappa shape index (κ3) is 6.87. The largest absolute Gasteiger partial charge is 0.468 e. The maximum absolute atomic E-state index is 13.0. The molecular weight excluding hydrogens is 556 g/mol. The van der Waals surface area contributed by atoms with E-state index < -0.39 is 0 Å². The first kappa shape index (κ1) is 34.0. The van der Waals surface area contributed by atoms with Gasteiger partial charge in [-0.15, -0.1) is 0 Å². The predicted octanol–water partition coefficient (Wildman–Crippen LogP) is 10.6. The van der Waals surface area contributed by atoms with Crippen LogP contribution >= 0.6 is 0 Å². The number of ether oxygens (including phenoxy) is 3. The third-order valence-electron chi connectivity index (χ3n) is 13.0. The van der Waals surface area contributed by atoms with Crippen molar-refractivity contribution >= 4 is 12.0 Å². The van der Waals surface area contributed by atoms with E-state index in [0.717, 1.165) is 53.7 Å². The number of unbranched alkanes of at least 4 members (excludes halogenated alkanes) is 1. The lowest BCUT2D eigenvalue weighted by Gasteiger charge is -2.61. The number of hydrogen-bond donors (Lipinski definition) is 0. The highest BCUT2D eigenvalue weighted by molar-refractivity contribution is 5.87. The molecule has 4 aliphatic rings. The van der Waals surface area contributed by atoms with Crippen LogP contribution in [0.15, 0.2) is 53.6 Å². The molecule has 0 aliphatic heterocycles. The number of rotatable bonds is 11. The van der Waals surface area contributed by atoms with E-state index in [0.29, 0.717) is 5.41 Å². The van der Waals surface area contributed by atoms with Crippen LogP contribution in [0, 0.1) is 45.8 Å². The summed E-state index contributed by atoms with van der Waals surface area (Å²) < 4.78 is 16.6. The molecule has 4 heteroatoms. The van der Waals surface area contributed by atoms with Crippen molar-refractivity contribution in [2.75, 3.05) is 13.9 Å². The molecule has 1 aromatic rings. The third-order valence-corrected chi connectivity index (χ3v) is 13.0. The van der Waals surface area contributed by atoms with E-state index in [4.69, 9.17) is 14.2 Å². The van der Waals surface area contributed by atoms with Crippen LogP contribution < -0.4 is 4.74 Å². The Labute approximate surface area is 274 Å². The van der Waals surface area contributed by atoms with Crippen molar-refractivity contribution < 1.29 is 19.0 Å². The van der Waals surface area contributed by atoms with Gasteiger partial charge >= 0.3 is 5.97 Å². The fraction of sp³-hybridized carbons (Fsp3) is 0.683. The molecular formula is C41H60O4. The van der Waals surface area contributed by atoms with E-state index in [2.05, 4.69) is 60.6 Å². The fourth-order valence-corrected chi connectivity index (χ4v) is 10.7. The van der Waals surface area contributed by atoms with Gasteiger partial charge in [0.05, 0.1) is 0 Å². The van der Waals surface area contributed by atoms with E-state index in [9.17, 15) is 4.79 Å². The molecule has 0 spiro atoms. The van der Waals surface area contributed by atoms with Gasteiger partial charge in [-0.05, 0) is 136 Å². The molecule has 3 fully saturated rings. The van der Waals surface area contributed by atoms with Gasteiger partial charge in [0.2, 0.25) is 0 Å². The molecule has 0 N–H and O–H groups in total. The van der Waals surface area contributed by atoms with Crippen molar-refractivity contribution in [2.45, 2.75) is 119 Å². The summed E-state index contributed by atoms with van der Waals surface area (Å²) in [6.45, 7) is 17.1. The number of esters is 1. The SMILES string of the molecule is COCOc1ccc(/C=C/C(=O)OC2CCC3(C)C(=CCC4C3CCC3(C)C(C(C)CCCC=C(C)C)CCC43)C2(C)C)cc1. The molecule has 3 saturated carbocycles. The van der Waals surface area contributed by atoms with Gasteiger partial charge in [0, 0.05) is 18.6 Å². The normalized spacial score (nSPS) is 34.2. The van der Waals surface area contributed by atoms with Crippen LogP contribution in [0.2, 0.25) is 0 Å². The molecule has 5 rings (SSSR count). The van der Waals surface area contributed by atoms with Crippen LogP contribution in [-0.2, 0) is 14.3 Å². The molecule has 4 nitrogen and oxygen atoms in total. The zero-order valence-electron chi connectivity index (χ0n) is 29.5. The van der Waals surface area contributed by atoms with Crippen LogP contribution in [0.1, 0.15) is 118 Å². The Morgan fingerprint density at radius 3 is 2.47 bits per heavy atom. The van der Waals surface area contributed by atoms with Gasteiger partial charge in [0.25, 0.3) is 0 Å². The summed E-state index contributed by atoms with van der Waals surface area (Å²) in [5.74, 6) is 4.56. The average Bonchev–Trinajstić information content (AvgIpc) is 3.36. The summed E-state index contributed by atoms with van der Waals surface area (Å²) in [6.07, 6.45) is 21.1. The highest BCUT2D eigenvalue weighted by Crippen LogP contribution is 2.69. The van der Waals surface area contributed by atoms with E-state index in [1.807, 2.05) is 30.3 Å². The second-order valence-corrected chi connectivity index (χ2v) is 16.2. The van der Waals surface area contributed by atoms with Crippen molar-refractivity contribution in [1.29, 1.82) is 0 Å². The van der Waals surface area contributed by atoms with Crippen molar-refractivity contribution in [3.63, 3.8) is 0 Å². The zero-order chi connectivity index (χ0) is 32.4. The highest BCUT2D eigenvalue weighted by atomic mass is 16.7. The molecule has 8 atom stereocenters. The molecule has 0 radical (unpaired) electrons. The number of carbonyl (C=O) groups is 1. The Balaban J connectivity index is 1.23. The Morgan fingerprint density at radius 2 is 1.76 bits per heavy atom. The van der Waals surface area contributed by atoms with Crippen LogP contribution in [0.25, 0.3) is 6.08 Å². The van der Waals surface area contributed by atoms with Crippen LogP contribution in [-0.4, -0.2) is 26.0 Å². The van der Waals surface area contributed by atoms with Crippen molar-refractivity contribution in [3.05, 3.63) is 59.2 Å². The molecule has 0 bridgehead atoms. The van der Waals surface area contributed by atoms with Gasteiger partial charge in [-0.25, -0.2) is 4.79 Å². The predicted molar refractivity (Wildman–Crippen MR) is 185 cm³/mol. The Kier molecular flexibility index (Phi) is 10.4. The van der Waals surface area contributed by atoms with Crippen molar-refractivity contribution in [3.8, 4) is 5.75 Å². The van der Waals surface area contributed by atoms with Crippen LogP contribution in [0.5, 0.6) is 5.75 Å². The smallest absolute Gasteiger partial charge is 0.331 e. The highest BCUT2D eigenvalue weighted by Gasteiger charge is 2.61. The van der Waals surface area contributed by atoms with Crippen LogP contribution in [0.3, 0.4) is 0 Å². The summed E-state index contributed by atoms with van der Waals surface area (Å²) >= 11 is 0. The monoisotopic (exact) mass is 616 g/mol. The average molecular weight is 617 g/mol. The standard InChI is InChI=1S/C41H60O4/c1-28(2)11-9-10-12-29(3)33-19-20-34-32-18-21-36-39(4,5)37(24-26-41(36,7)35(32)23-25-40(33,34)6)45-38(42)22-15-30-13-16-31(17-14-30)44-27-43-8/h11,13-17,21-22,29,32-35,37H,9-10,12,18-20,23-27H2,1-8H3/b22-15+. The lowest BCUT2D eigenvalue weighted by Crippen LogP contribution is -2.55. The minimum absolute atomic E-state index is 0.104. The van der Waals surface area contributed by atoms with Crippen LogP contribution in [0.4, 0.5) is 0 Å². The van der Waals surface area contributed by atoms with Gasteiger partial charge in [0.1, 0.15) is 11.9 Å². The van der Waals surface area contributed by atoms with E-state index >= 15 is 0 Å². The lowest BCUT2D eigenvalue weighted by molar-refractivity contribution is -0.153. The summed E-state index contributed by atoms with van der Waals surface area (Å²) in [4.78, 5) is 13.0. The second-order valence-electron chi connectivity index (χ2n) is 16.2. The second kappa shape index (κ2) is 13.8. The molecule has 0 aromatic heterocycles. The molecule has 1 aromatic carbocycles. The minimum atomic E-state index is -0.258. The zero-order valence-corrected chi connectivity index (χ0v) is 29.5. The van der Waals surface area contributed by atoms with E-state index in [1.165, 1.54) is 56.9 Å². The summed E-state index contributed by atoms with van der Waals surface area (Å²) in [5, 5.41) is 0. The first-order valence-electron chi connectivity index (χ1n) is 17.8. The Bertz CT molecular complexity index is 1270. The van der Waals surface area contributed by atoms with Gasteiger partial charge in [-0.1, -0.05) is 76.5 Å². The molecule has 45 heavy (non-hydrogen) atoms. The van der Waals surface area contributed by atoms with Gasteiger partial charge in [0.15, 0.2) is 6.79 Å². The maximum atomic E-state index is 13.0. The van der Waals surface area contributed by atoms with E-state index in [1.54, 1.807) is 18.8 Å². The van der Waals surface area contributed by atoms with Gasteiger partial charge in [-0.2, -0.15) is 0 Å². The lowest BCUT2D eigenvalue weighted by atomic mass is 9.44. The number of benzene rings is 1. The number of methoxy groups -OCH3 is 1. The summed E-state index contributed by atoms with van der Waals surface area (Å²) in [5.41, 5.74) is 4.47. The molecule has 248 valence electrons. The summed E-state index contributed by atoms with van der Waals surface area (Å²) in [7, 11) is 1.60. The molecule has 4 aliphatic carbocycles. The maximum Gasteiger partial charge on any atom is 0.331 e. The van der Waals surface area contributed by atoms with Gasteiger partial charge < -0.3 is 14.2 Å². The molecule has 0 amide bonds. The number of carbonyl (C=O) groups excluding carboxylic acids is 1. The molecule has 0 saturated heterocycles. The topological polar surface area (TPSA) is 44.8 Å². The first-order chi connectivity index (χ1) is 21.4. The van der Waals surface area contributed by atoms with Gasteiger partial charge in [-0.3, -0.25) is 0 Å². The quantitative estimate of drug-likeness (QED) is 0.0816.